The largest absolute Gasteiger partial charge is 0.454 e. The molecule has 4 aliphatic rings. The van der Waals surface area contributed by atoms with E-state index in [0.717, 1.165) is 53.5 Å². The van der Waals surface area contributed by atoms with Crippen LogP contribution in [0.1, 0.15) is 37.0 Å². The Morgan fingerprint density at radius 2 is 2.12 bits per heavy atom. The molecule has 2 saturated carbocycles. The van der Waals surface area contributed by atoms with Gasteiger partial charge in [0.25, 0.3) is 0 Å². The molecule has 6 nitrogen and oxygen atoms in total. The van der Waals surface area contributed by atoms with Gasteiger partial charge >= 0.3 is 0 Å². The summed E-state index contributed by atoms with van der Waals surface area (Å²) in [7, 11) is 0. The second-order valence-electron chi connectivity index (χ2n) is 7.98. The molecule has 3 heterocycles. The topological polar surface area (TPSA) is 64.8 Å². The van der Waals surface area contributed by atoms with E-state index in [4.69, 9.17) is 14.0 Å². The van der Waals surface area contributed by atoms with Gasteiger partial charge in [-0.3, -0.25) is 4.79 Å². The lowest BCUT2D eigenvalue weighted by Crippen LogP contribution is -2.38. The lowest BCUT2D eigenvalue weighted by Gasteiger charge is -2.30. The summed E-state index contributed by atoms with van der Waals surface area (Å²) < 4.78 is 16.4. The minimum atomic E-state index is 0.251. The molecule has 1 amide bonds. The first-order chi connectivity index (χ1) is 12.7. The van der Waals surface area contributed by atoms with Crippen LogP contribution >= 0.6 is 0 Å². The molecule has 1 unspecified atom stereocenters. The normalized spacial score (nSPS) is 24.3. The molecular weight excluding hydrogens is 332 g/mol. The average molecular weight is 352 g/mol. The second-order valence-corrected chi connectivity index (χ2v) is 7.98. The fourth-order valence-corrected chi connectivity index (χ4v) is 4.77. The fourth-order valence-electron chi connectivity index (χ4n) is 4.77. The predicted molar refractivity (Wildman–Crippen MR) is 91.6 cm³/mol. The van der Waals surface area contributed by atoms with E-state index < -0.39 is 0 Å². The molecule has 2 aliphatic heterocycles. The van der Waals surface area contributed by atoms with E-state index in [1.165, 1.54) is 19.3 Å². The maximum atomic E-state index is 12.9. The zero-order valence-electron chi connectivity index (χ0n) is 14.5. The number of carbonyl (C=O) groups is 1. The Morgan fingerprint density at radius 1 is 1.23 bits per heavy atom. The number of carbonyl (C=O) groups excluding carboxylic acids is 1. The van der Waals surface area contributed by atoms with Gasteiger partial charge in [0.05, 0.1) is 6.54 Å². The van der Waals surface area contributed by atoms with E-state index in [1.807, 2.05) is 23.1 Å². The smallest absolute Gasteiger partial charge is 0.231 e. The molecule has 6 rings (SSSR count). The summed E-state index contributed by atoms with van der Waals surface area (Å²) in [6.45, 7) is 1.57. The van der Waals surface area contributed by atoms with E-state index in [0.29, 0.717) is 17.9 Å². The van der Waals surface area contributed by atoms with Crippen molar-refractivity contribution in [3.8, 4) is 22.8 Å². The molecule has 6 heteroatoms. The fraction of sp³-hybridized carbons (Fsp3) is 0.500. The number of benzene rings is 1. The van der Waals surface area contributed by atoms with E-state index in [2.05, 4.69) is 5.16 Å². The van der Waals surface area contributed by atoms with Gasteiger partial charge in [-0.1, -0.05) is 11.6 Å². The number of ether oxygens (including phenoxy) is 2. The molecule has 1 aromatic heterocycles. The molecule has 1 aromatic carbocycles. The first-order valence-corrected chi connectivity index (χ1v) is 9.40. The minimum absolute atomic E-state index is 0.251. The molecule has 1 spiro atoms. The summed E-state index contributed by atoms with van der Waals surface area (Å²) in [6.07, 6.45) is 5.58. The summed E-state index contributed by atoms with van der Waals surface area (Å²) in [4.78, 5) is 14.9. The van der Waals surface area contributed by atoms with Crippen LogP contribution in [-0.2, 0) is 17.8 Å². The quantitative estimate of drug-likeness (QED) is 0.831. The first-order valence-electron chi connectivity index (χ1n) is 9.40. The van der Waals surface area contributed by atoms with E-state index in [-0.39, 0.29) is 12.7 Å². The third-order valence-corrected chi connectivity index (χ3v) is 6.62. The number of hydrogen-bond donors (Lipinski definition) is 0. The molecule has 0 bridgehead atoms. The van der Waals surface area contributed by atoms with Crippen LogP contribution in [-0.4, -0.2) is 29.3 Å². The number of fused-ring (bicyclic) bond motifs is 2. The van der Waals surface area contributed by atoms with Gasteiger partial charge in [0.15, 0.2) is 11.5 Å². The zero-order valence-corrected chi connectivity index (χ0v) is 14.5. The molecule has 134 valence electrons. The second kappa shape index (κ2) is 5.02. The third-order valence-electron chi connectivity index (χ3n) is 6.62. The minimum Gasteiger partial charge on any atom is -0.454 e. The van der Waals surface area contributed by atoms with Gasteiger partial charge < -0.3 is 18.9 Å². The van der Waals surface area contributed by atoms with Gasteiger partial charge in [0, 0.05) is 30.0 Å². The Labute approximate surface area is 151 Å². The highest BCUT2D eigenvalue weighted by Crippen LogP contribution is 2.66. The van der Waals surface area contributed by atoms with E-state index in [1.54, 1.807) is 0 Å². The summed E-state index contributed by atoms with van der Waals surface area (Å²) in [5.74, 6) is 2.96. The zero-order chi connectivity index (χ0) is 17.3. The highest BCUT2D eigenvalue weighted by molar-refractivity contribution is 5.83. The van der Waals surface area contributed by atoms with Crippen molar-refractivity contribution < 1.29 is 18.8 Å². The van der Waals surface area contributed by atoms with Crippen LogP contribution in [0.25, 0.3) is 11.3 Å². The lowest BCUT2D eigenvalue weighted by atomic mass is 9.79. The van der Waals surface area contributed by atoms with Crippen LogP contribution < -0.4 is 9.47 Å². The van der Waals surface area contributed by atoms with Gasteiger partial charge in [-0.15, -0.1) is 0 Å². The Morgan fingerprint density at radius 3 is 2.92 bits per heavy atom. The van der Waals surface area contributed by atoms with Crippen LogP contribution in [0.3, 0.4) is 0 Å². The van der Waals surface area contributed by atoms with Crippen LogP contribution in [0.5, 0.6) is 11.5 Å². The number of aromatic nitrogens is 1. The first kappa shape index (κ1) is 14.6. The predicted octanol–water partition coefficient (Wildman–Crippen LogP) is 3.15. The number of amides is 1. The maximum Gasteiger partial charge on any atom is 0.231 e. The van der Waals surface area contributed by atoms with Crippen LogP contribution in [0.2, 0.25) is 0 Å². The highest BCUT2D eigenvalue weighted by atomic mass is 16.7. The lowest BCUT2D eigenvalue weighted by molar-refractivity contribution is -0.135. The molecular formula is C20H20N2O4. The van der Waals surface area contributed by atoms with Gasteiger partial charge in [-0.2, -0.15) is 0 Å². The molecule has 0 radical (unpaired) electrons. The molecule has 2 fully saturated rings. The number of hydrogen-bond acceptors (Lipinski definition) is 5. The number of rotatable bonds is 2. The van der Waals surface area contributed by atoms with Gasteiger partial charge in [0.1, 0.15) is 11.5 Å². The Balaban J connectivity index is 1.28. The molecule has 2 aromatic rings. The number of nitrogens with zero attached hydrogens (tertiary/aromatic N) is 2. The van der Waals surface area contributed by atoms with Crippen LogP contribution in [0, 0.1) is 11.3 Å². The van der Waals surface area contributed by atoms with Crippen molar-refractivity contribution in [2.24, 2.45) is 11.3 Å². The van der Waals surface area contributed by atoms with Crippen LogP contribution in [0.4, 0.5) is 0 Å². The molecule has 2 aliphatic carbocycles. The van der Waals surface area contributed by atoms with Gasteiger partial charge in [-0.25, -0.2) is 0 Å². The summed E-state index contributed by atoms with van der Waals surface area (Å²) in [5, 5.41) is 4.29. The van der Waals surface area contributed by atoms with Crippen molar-refractivity contribution in [2.45, 2.75) is 38.6 Å². The van der Waals surface area contributed by atoms with Crippen molar-refractivity contribution in [3.05, 3.63) is 29.5 Å². The van der Waals surface area contributed by atoms with Crippen molar-refractivity contribution in [1.29, 1.82) is 0 Å². The SMILES string of the molecule is O=C(C1CC12CCC2)N1CCc2onc(-c3ccc4c(c3)OCO4)c2C1. The Bertz CT molecular complexity index is 915. The summed E-state index contributed by atoms with van der Waals surface area (Å²) in [5.41, 5.74) is 3.15. The van der Waals surface area contributed by atoms with Crippen LogP contribution in [0.15, 0.2) is 22.7 Å². The van der Waals surface area contributed by atoms with E-state index in [9.17, 15) is 4.79 Å². The van der Waals surface area contributed by atoms with Crippen molar-refractivity contribution in [1.82, 2.24) is 10.1 Å². The van der Waals surface area contributed by atoms with E-state index >= 15 is 0 Å². The summed E-state index contributed by atoms with van der Waals surface area (Å²) in [6, 6.07) is 5.80. The van der Waals surface area contributed by atoms with Gasteiger partial charge in [0.2, 0.25) is 12.7 Å². The Kier molecular flexibility index (Phi) is 2.83. The molecule has 0 saturated heterocycles. The molecule has 26 heavy (non-hydrogen) atoms. The summed E-state index contributed by atoms with van der Waals surface area (Å²) >= 11 is 0. The van der Waals surface area contributed by atoms with Gasteiger partial charge in [-0.05, 0) is 42.9 Å². The van der Waals surface area contributed by atoms with Crippen molar-refractivity contribution in [3.63, 3.8) is 0 Å². The molecule has 0 N–H and O–H groups in total. The third kappa shape index (κ3) is 1.98. The van der Waals surface area contributed by atoms with Crippen molar-refractivity contribution >= 4 is 5.91 Å². The molecule has 1 atom stereocenters. The maximum absolute atomic E-state index is 12.9. The Hall–Kier alpha value is -2.50. The average Bonchev–Trinajstić information content (AvgIpc) is 3.02. The van der Waals surface area contributed by atoms with Crippen molar-refractivity contribution in [2.75, 3.05) is 13.3 Å². The highest BCUT2D eigenvalue weighted by Gasteiger charge is 2.61. The monoisotopic (exact) mass is 352 g/mol. The standard InChI is InChI=1S/C20H20N2O4/c23-19(14-9-20(14)5-1-6-20)22-7-4-15-13(10-22)18(21-26-15)12-2-3-16-17(8-12)25-11-24-16/h2-3,8,14H,1,4-7,9-11H2.